The van der Waals surface area contributed by atoms with Crippen LogP contribution in [0.15, 0.2) is 30.3 Å². The highest BCUT2D eigenvalue weighted by atomic mass is 35.5. The van der Waals surface area contributed by atoms with Crippen LogP contribution in [-0.4, -0.2) is 31.5 Å². The van der Waals surface area contributed by atoms with Gasteiger partial charge in [-0.25, -0.2) is 13.2 Å². The third-order valence-corrected chi connectivity index (χ3v) is 5.08. The molecule has 1 atom stereocenters. The molecule has 0 aromatic heterocycles. The predicted octanol–water partition coefficient (Wildman–Crippen LogP) is 2.20. The Kier molecular flexibility index (Phi) is 6.11. The minimum absolute atomic E-state index is 0.0384. The first-order valence-corrected chi connectivity index (χ1v) is 8.02. The number of amides is 2. The maximum absolute atomic E-state index is 11.5. The average molecular weight is 305 g/mol. The van der Waals surface area contributed by atoms with Gasteiger partial charge >= 0.3 is 6.03 Å². The Morgan fingerprint density at radius 2 is 1.95 bits per heavy atom. The first kappa shape index (κ1) is 15.8. The summed E-state index contributed by atoms with van der Waals surface area (Å²) in [6.45, 7) is 1.70. The second kappa shape index (κ2) is 7.35. The summed E-state index contributed by atoms with van der Waals surface area (Å²) in [5.41, 5.74) is 0.682. The maximum Gasteiger partial charge on any atom is 0.319 e. The van der Waals surface area contributed by atoms with Gasteiger partial charge in [-0.1, -0.05) is 18.2 Å². The van der Waals surface area contributed by atoms with Gasteiger partial charge in [0.1, 0.15) is 4.71 Å². The van der Waals surface area contributed by atoms with Crippen LogP contribution >= 0.6 is 11.6 Å². The molecule has 0 aliphatic carbocycles. The molecule has 1 unspecified atom stereocenters. The normalized spacial score (nSPS) is 12.7. The molecule has 0 saturated carbocycles. The predicted molar refractivity (Wildman–Crippen MR) is 77.2 cm³/mol. The van der Waals surface area contributed by atoms with Crippen LogP contribution in [-0.2, 0) is 9.84 Å². The lowest BCUT2D eigenvalue weighted by Crippen LogP contribution is -2.30. The second-order valence-corrected chi connectivity index (χ2v) is 7.36. The minimum atomic E-state index is -3.26. The number of nitrogens with one attached hydrogen (secondary N) is 2. The fourth-order valence-corrected chi connectivity index (χ4v) is 2.47. The third-order valence-electron chi connectivity index (χ3n) is 2.42. The van der Waals surface area contributed by atoms with Gasteiger partial charge in [-0.2, -0.15) is 0 Å². The number of rotatable bonds is 6. The summed E-state index contributed by atoms with van der Waals surface area (Å²) in [5, 5.41) is 5.22. The Morgan fingerprint density at radius 1 is 1.32 bits per heavy atom. The van der Waals surface area contributed by atoms with Crippen LogP contribution in [0.1, 0.15) is 13.3 Å². The van der Waals surface area contributed by atoms with E-state index in [-0.39, 0.29) is 18.3 Å². The molecule has 0 radical (unpaired) electrons. The van der Waals surface area contributed by atoms with E-state index < -0.39 is 14.5 Å². The molecule has 2 amide bonds. The molecule has 0 aliphatic heterocycles. The van der Waals surface area contributed by atoms with Crippen molar-refractivity contribution in [2.24, 2.45) is 0 Å². The molecule has 0 heterocycles. The molecule has 106 valence electrons. The lowest BCUT2D eigenvalue weighted by atomic mass is 10.3. The highest BCUT2D eigenvalue weighted by molar-refractivity contribution is 7.93. The molecular weight excluding hydrogens is 288 g/mol. The molecule has 1 aromatic carbocycles. The summed E-state index contributed by atoms with van der Waals surface area (Å²) in [7, 11) is -3.26. The van der Waals surface area contributed by atoms with Crippen molar-refractivity contribution in [2.45, 2.75) is 18.1 Å². The molecule has 0 saturated heterocycles. The second-order valence-electron chi connectivity index (χ2n) is 4.01. The van der Waals surface area contributed by atoms with Crippen molar-refractivity contribution in [2.75, 3.05) is 17.6 Å². The number of hydrogen-bond acceptors (Lipinski definition) is 3. The zero-order valence-electron chi connectivity index (χ0n) is 10.6. The van der Waals surface area contributed by atoms with E-state index in [0.717, 1.165) is 0 Å². The molecule has 2 N–H and O–H groups in total. The van der Waals surface area contributed by atoms with Gasteiger partial charge in [-0.15, -0.1) is 11.6 Å². The smallest absolute Gasteiger partial charge is 0.319 e. The number of carbonyl (C=O) groups excluding carboxylic acids is 1. The molecule has 1 rings (SSSR count). The monoisotopic (exact) mass is 304 g/mol. The topological polar surface area (TPSA) is 75.3 Å². The van der Waals surface area contributed by atoms with Crippen LogP contribution in [0, 0.1) is 0 Å². The average Bonchev–Trinajstić information content (AvgIpc) is 2.36. The fourth-order valence-electron chi connectivity index (χ4n) is 1.33. The van der Waals surface area contributed by atoms with E-state index in [4.69, 9.17) is 11.6 Å². The molecule has 1 aromatic rings. The van der Waals surface area contributed by atoms with Gasteiger partial charge in [0.2, 0.25) is 0 Å². The van der Waals surface area contributed by atoms with Gasteiger partial charge in [-0.05, 0) is 25.5 Å². The molecule has 5 nitrogen and oxygen atoms in total. The van der Waals surface area contributed by atoms with E-state index in [1.54, 1.807) is 12.1 Å². The molecule has 19 heavy (non-hydrogen) atoms. The van der Waals surface area contributed by atoms with Crippen LogP contribution in [0.4, 0.5) is 10.5 Å². The van der Waals surface area contributed by atoms with Crippen molar-refractivity contribution in [3.8, 4) is 0 Å². The van der Waals surface area contributed by atoms with Gasteiger partial charge in [0, 0.05) is 12.2 Å². The SMILES string of the molecule is CC(Cl)S(=O)(=O)CCCNC(=O)Nc1ccccc1. The largest absolute Gasteiger partial charge is 0.338 e. The minimum Gasteiger partial charge on any atom is -0.338 e. The van der Waals surface area contributed by atoms with Gasteiger partial charge in [0.05, 0.1) is 5.75 Å². The van der Waals surface area contributed by atoms with Gasteiger partial charge in [0.15, 0.2) is 9.84 Å². The fraction of sp³-hybridized carbons (Fsp3) is 0.417. The Labute approximate surface area is 118 Å². The van der Waals surface area contributed by atoms with Crippen molar-refractivity contribution >= 4 is 33.2 Å². The first-order chi connectivity index (χ1) is 8.92. The quantitative estimate of drug-likeness (QED) is 0.625. The molecular formula is C12H17ClN2O3S. The number of benzene rings is 1. The van der Waals surface area contributed by atoms with Crippen molar-refractivity contribution in [1.82, 2.24) is 5.32 Å². The Balaban J connectivity index is 2.25. The Morgan fingerprint density at radius 3 is 2.53 bits per heavy atom. The summed E-state index contributed by atoms with van der Waals surface area (Å²) < 4.78 is 21.9. The number of hydrogen-bond donors (Lipinski definition) is 2. The van der Waals surface area contributed by atoms with Crippen LogP contribution in [0.5, 0.6) is 0 Å². The van der Waals surface area contributed by atoms with Crippen molar-refractivity contribution in [3.05, 3.63) is 30.3 Å². The van der Waals surface area contributed by atoms with E-state index >= 15 is 0 Å². The lowest BCUT2D eigenvalue weighted by molar-refractivity contribution is 0.252. The van der Waals surface area contributed by atoms with Crippen molar-refractivity contribution < 1.29 is 13.2 Å². The van der Waals surface area contributed by atoms with Gasteiger partial charge < -0.3 is 10.6 Å². The summed E-state index contributed by atoms with van der Waals surface area (Å²) in [4.78, 5) is 11.5. The maximum atomic E-state index is 11.5. The van der Waals surface area contributed by atoms with Gasteiger partial charge in [0.25, 0.3) is 0 Å². The molecule has 0 fully saturated rings. The number of halogens is 1. The van der Waals surface area contributed by atoms with E-state index in [0.29, 0.717) is 12.1 Å². The van der Waals surface area contributed by atoms with Crippen molar-refractivity contribution in [3.63, 3.8) is 0 Å². The van der Waals surface area contributed by atoms with Crippen LogP contribution < -0.4 is 10.6 Å². The summed E-state index contributed by atoms with van der Waals surface area (Å²) in [5.74, 6) is -0.0384. The van der Waals surface area contributed by atoms with E-state index in [1.807, 2.05) is 18.2 Å². The summed E-state index contributed by atoms with van der Waals surface area (Å²) in [6.07, 6.45) is 0.335. The number of carbonyl (C=O) groups is 1. The third kappa shape index (κ3) is 5.94. The van der Waals surface area contributed by atoms with Crippen LogP contribution in [0.25, 0.3) is 0 Å². The molecule has 0 spiro atoms. The number of urea groups is 1. The highest BCUT2D eigenvalue weighted by Crippen LogP contribution is 2.07. The van der Waals surface area contributed by atoms with E-state index in [9.17, 15) is 13.2 Å². The van der Waals surface area contributed by atoms with Crippen LogP contribution in [0.2, 0.25) is 0 Å². The first-order valence-electron chi connectivity index (χ1n) is 5.87. The van der Waals surface area contributed by atoms with Crippen molar-refractivity contribution in [1.29, 1.82) is 0 Å². The Bertz CT molecular complexity index is 503. The van der Waals surface area contributed by atoms with Crippen LogP contribution in [0.3, 0.4) is 0 Å². The zero-order chi connectivity index (χ0) is 14.3. The number of sulfone groups is 1. The van der Waals surface area contributed by atoms with E-state index in [1.165, 1.54) is 6.92 Å². The zero-order valence-corrected chi connectivity index (χ0v) is 12.2. The standard InChI is InChI=1S/C12H17ClN2O3S/c1-10(13)19(17,18)9-5-8-14-12(16)15-11-6-3-2-4-7-11/h2-4,6-7,10H,5,8-9H2,1H3,(H2,14,15,16). The summed E-state index contributed by atoms with van der Waals surface area (Å²) in [6, 6.07) is 8.64. The highest BCUT2D eigenvalue weighted by Gasteiger charge is 2.17. The molecule has 0 aliphatic rings. The van der Waals surface area contributed by atoms with E-state index in [2.05, 4.69) is 10.6 Å². The number of para-hydroxylation sites is 1. The molecule has 7 heteroatoms. The number of alkyl halides is 1. The number of anilines is 1. The van der Waals surface area contributed by atoms with Gasteiger partial charge in [-0.3, -0.25) is 0 Å². The Hall–Kier alpha value is -1.27. The summed E-state index contributed by atoms with van der Waals surface area (Å²) >= 11 is 5.53. The molecule has 0 bridgehead atoms. The lowest BCUT2D eigenvalue weighted by Gasteiger charge is -2.08.